The monoisotopic (exact) mass is 387 g/mol. The van der Waals surface area contributed by atoms with Gasteiger partial charge in [0.1, 0.15) is 0 Å². The summed E-state index contributed by atoms with van der Waals surface area (Å²) in [5.74, 6) is 0.450. The number of hydrogen-bond acceptors (Lipinski definition) is 6. The number of carbonyl (C=O) groups excluding carboxylic acids is 1. The Morgan fingerprint density at radius 3 is 2.73 bits per heavy atom. The van der Waals surface area contributed by atoms with Gasteiger partial charge in [0, 0.05) is 17.5 Å². The number of piperidine rings is 1. The molecule has 1 fully saturated rings. The fourth-order valence-electron chi connectivity index (χ4n) is 3.32. The molecule has 3 aromatic heterocycles. The molecule has 0 aromatic carbocycles. The predicted molar refractivity (Wildman–Crippen MR) is 105 cm³/mol. The molecule has 1 aliphatic rings. The molecule has 1 amide bonds. The van der Waals surface area contributed by atoms with E-state index in [0.717, 1.165) is 18.0 Å². The fraction of sp³-hybridized carbons (Fsp3) is 0.368. The number of amides is 1. The molecule has 26 heavy (non-hydrogen) atoms. The maximum atomic E-state index is 12.5. The SMILES string of the molecule is O=C(NCC(c1cccs1)N1CCCCC1)c1cc(-c2cccs2)on1. The molecule has 5 nitrogen and oxygen atoms in total. The van der Waals surface area contributed by atoms with Crippen LogP contribution >= 0.6 is 22.7 Å². The smallest absolute Gasteiger partial charge is 0.273 e. The van der Waals surface area contributed by atoms with Crippen LogP contribution in [0.5, 0.6) is 0 Å². The minimum Gasteiger partial charge on any atom is -0.355 e. The van der Waals surface area contributed by atoms with Crippen LogP contribution < -0.4 is 5.32 Å². The lowest BCUT2D eigenvalue weighted by Crippen LogP contribution is -2.40. The highest BCUT2D eigenvalue weighted by Gasteiger charge is 2.24. The highest BCUT2D eigenvalue weighted by atomic mass is 32.1. The highest BCUT2D eigenvalue weighted by molar-refractivity contribution is 7.13. The van der Waals surface area contributed by atoms with E-state index in [9.17, 15) is 4.79 Å². The molecule has 1 aliphatic heterocycles. The van der Waals surface area contributed by atoms with Crippen LogP contribution in [-0.2, 0) is 0 Å². The number of thiophene rings is 2. The third-order valence-electron chi connectivity index (χ3n) is 4.67. The summed E-state index contributed by atoms with van der Waals surface area (Å²) in [5.41, 5.74) is 0.331. The van der Waals surface area contributed by atoms with Crippen LogP contribution in [0.15, 0.2) is 45.6 Å². The van der Waals surface area contributed by atoms with E-state index in [1.54, 1.807) is 28.7 Å². The number of nitrogens with zero attached hydrogens (tertiary/aromatic N) is 2. The van der Waals surface area contributed by atoms with E-state index in [4.69, 9.17) is 4.52 Å². The Labute approximate surface area is 160 Å². The van der Waals surface area contributed by atoms with Gasteiger partial charge in [0.15, 0.2) is 11.5 Å². The van der Waals surface area contributed by atoms with Crippen molar-refractivity contribution in [1.82, 2.24) is 15.4 Å². The first-order valence-electron chi connectivity index (χ1n) is 8.87. The van der Waals surface area contributed by atoms with Crippen molar-refractivity contribution in [3.05, 3.63) is 51.7 Å². The third-order valence-corrected chi connectivity index (χ3v) is 6.52. The maximum absolute atomic E-state index is 12.5. The van der Waals surface area contributed by atoms with Crippen LogP contribution in [0.25, 0.3) is 10.6 Å². The van der Waals surface area contributed by atoms with Crippen molar-refractivity contribution in [2.75, 3.05) is 19.6 Å². The first-order chi connectivity index (χ1) is 12.8. The Morgan fingerprint density at radius 2 is 2.00 bits per heavy atom. The van der Waals surface area contributed by atoms with Gasteiger partial charge in [0.2, 0.25) is 0 Å². The number of hydrogen-bond donors (Lipinski definition) is 1. The quantitative estimate of drug-likeness (QED) is 0.680. The Morgan fingerprint density at radius 1 is 1.19 bits per heavy atom. The zero-order valence-electron chi connectivity index (χ0n) is 14.4. The van der Waals surface area contributed by atoms with Crippen molar-refractivity contribution in [3.63, 3.8) is 0 Å². The summed E-state index contributed by atoms with van der Waals surface area (Å²) >= 11 is 3.31. The topological polar surface area (TPSA) is 58.4 Å². The van der Waals surface area contributed by atoms with Crippen LogP contribution in [0.2, 0.25) is 0 Å². The zero-order chi connectivity index (χ0) is 17.8. The second-order valence-electron chi connectivity index (χ2n) is 6.39. The lowest BCUT2D eigenvalue weighted by atomic mass is 10.1. The third kappa shape index (κ3) is 3.90. The molecule has 4 rings (SSSR count). The lowest BCUT2D eigenvalue weighted by molar-refractivity contribution is 0.0917. The standard InChI is InChI=1S/C19H21N3O2S2/c23-19(14-12-16(24-21-14)18-7-5-11-26-18)20-13-15(17-6-4-10-25-17)22-8-2-1-3-9-22/h4-7,10-12,15H,1-3,8-9,13H2,(H,20,23). The van der Waals surface area contributed by atoms with Gasteiger partial charge < -0.3 is 9.84 Å². The van der Waals surface area contributed by atoms with Gasteiger partial charge in [0.25, 0.3) is 5.91 Å². The molecule has 0 spiro atoms. The van der Waals surface area contributed by atoms with Gasteiger partial charge in [-0.2, -0.15) is 0 Å². The normalized spacial score (nSPS) is 16.5. The van der Waals surface area contributed by atoms with E-state index in [1.165, 1.54) is 24.1 Å². The van der Waals surface area contributed by atoms with Gasteiger partial charge in [-0.1, -0.05) is 23.7 Å². The van der Waals surface area contributed by atoms with E-state index in [1.807, 2.05) is 17.5 Å². The number of carbonyl (C=O) groups is 1. The Bertz CT molecular complexity index is 821. The first-order valence-corrected chi connectivity index (χ1v) is 10.6. The molecule has 0 bridgehead atoms. The summed E-state index contributed by atoms with van der Waals surface area (Å²) in [6.45, 7) is 2.76. The Balaban J connectivity index is 1.43. The maximum Gasteiger partial charge on any atom is 0.273 e. The molecule has 7 heteroatoms. The highest BCUT2D eigenvalue weighted by Crippen LogP contribution is 2.28. The second kappa shape index (κ2) is 8.16. The van der Waals surface area contributed by atoms with Gasteiger partial charge in [-0.15, -0.1) is 22.7 Å². The van der Waals surface area contributed by atoms with Crippen LogP contribution in [0.4, 0.5) is 0 Å². The van der Waals surface area contributed by atoms with Crippen LogP contribution in [0.3, 0.4) is 0 Å². The summed E-state index contributed by atoms with van der Waals surface area (Å²) in [5, 5.41) is 11.1. The van der Waals surface area contributed by atoms with Gasteiger partial charge in [-0.05, 0) is 48.8 Å². The van der Waals surface area contributed by atoms with Gasteiger partial charge in [0.05, 0.1) is 10.9 Å². The van der Waals surface area contributed by atoms with E-state index in [2.05, 4.69) is 32.9 Å². The molecular formula is C19H21N3O2S2. The van der Waals surface area contributed by atoms with E-state index in [0.29, 0.717) is 18.0 Å². The molecule has 4 heterocycles. The van der Waals surface area contributed by atoms with Gasteiger partial charge >= 0.3 is 0 Å². The molecule has 1 unspecified atom stereocenters. The molecule has 0 saturated carbocycles. The summed E-state index contributed by atoms with van der Waals surface area (Å²) in [4.78, 5) is 17.3. The molecule has 3 aromatic rings. The van der Waals surface area contributed by atoms with Crippen molar-refractivity contribution in [2.45, 2.75) is 25.3 Å². The summed E-state index contributed by atoms with van der Waals surface area (Å²) in [6.07, 6.45) is 3.75. The minimum atomic E-state index is -0.185. The van der Waals surface area contributed by atoms with Crippen LogP contribution in [0, 0.1) is 0 Å². The second-order valence-corrected chi connectivity index (χ2v) is 8.32. The lowest BCUT2D eigenvalue weighted by Gasteiger charge is -2.34. The average Bonchev–Trinajstić information content (AvgIpc) is 3.43. The van der Waals surface area contributed by atoms with E-state index >= 15 is 0 Å². The van der Waals surface area contributed by atoms with E-state index in [-0.39, 0.29) is 11.9 Å². The Hall–Kier alpha value is -1.96. The van der Waals surface area contributed by atoms with Gasteiger partial charge in [-0.3, -0.25) is 9.69 Å². The van der Waals surface area contributed by atoms with Crippen LogP contribution in [0.1, 0.15) is 40.7 Å². The average molecular weight is 388 g/mol. The van der Waals surface area contributed by atoms with Crippen LogP contribution in [-0.4, -0.2) is 35.6 Å². The minimum absolute atomic E-state index is 0.185. The molecule has 1 saturated heterocycles. The molecular weight excluding hydrogens is 366 g/mol. The van der Waals surface area contributed by atoms with E-state index < -0.39 is 0 Å². The number of aromatic nitrogens is 1. The molecule has 136 valence electrons. The molecule has 0 aliphatic carbocycles. The summed E-state index contributed by atoms with van der Waals surface area (Å²) in [6, 6.07) is 10.1. The summed E-state index contributed by atoms with van der Waals surface area (Å²) < 4.78 is 5.32. The predicted octanol–water partition coefficient (Wildman–Crippen LogP) is 4.42. The van der Waals surface area contributed by atoms with Crippen molar-refractivity contribution in [2.24, 2.45) is 0 Å². The molecule has 1 N–H and O–H groups in total. The molecule has 0 radical (unpaired) electrons. The number of likely N-dealkylation sites (tertiary alicyclic amines) is 1. The van der Waals surface area contributed by atoms with Crippen molar-refractivity contribution in [1.29, 1.82) is 0 Å². The van der Waals surface area contributed by atoms with Gasteiger partial charge in [-0.25, -0.2) is 0 Å². The fourth-order valence-corrected chi connectivity index (χ4v) is 4.85. The first kappa shape index (κ1) is 17.5. The molecule has 1 atom stereocenters. The summed E-state index contributed by atoms with van der Waals surface area (Å²) in [7, 11) is 0. The van der Waals surface area contributed by atoms with Crippen molar-refractivity contribution in [3.8, 4) is 10.6 Å². The van der Waals surface area contributed by atoms with Crippen molar-refractivity contribution < 1.29 is 9.32 Å². The number of nitrogens with one attached hydrogen (secondary N) is 1. The number of rotatable bonds is 6. The Kier molecular flexibility index (Phi) is 5.48. The largest absolute Gasteiger partial charge is 0.355 e. The van der Waals surface area contributed by atoms with Crippen molar-refractivity contribution >= 4 is 28.6 Å². The zero-order valence-corrected chi connectivity index (χ0v) is 16.0.